The SMILES string of the molecule is C=C(CN)COc1ccc2c(c1)NC(=O)CC2. The van der Waals surface area contributed by atoms with E-state index in [2.05, 4.69) is 11.9 Å². The topological polar surface area (TPSA) is 64.3 Å². The van der Waals surface area contributed by atoms with Crippen LogP contribution < -0.4 is 15.8 Å². The standard InChI is InChI=1S/C13H16N2O2/c1-9(7-14)8-17-11-4-2-10-3-5-13(16)15-12(10)6-11/h2,4,6H,1,3,5,7-8,14H2,(H,15,16). The summed E-state index contributed by atoms with van der Waals surface area (Å²) in [5.74, 6) is 0.779. The lowest BCUT2D eigenvalue weighted by atomic mass is 10.0. The van der Waals surface area contributed by atoms with Gasteiger partial charge in [-0.15, -0.1) is 0 Å². The molecule has 0 aromatic heterocycles. The highest BCUT2D eigenvalue weighted by Gasteiger charge is 2.14. The molecule has 4 heteroatoms. The number of fused-ring (bicyclic) bond motifs is 1. The molecule has 1 aromatic rings. The molecule has 4 nitrogen and oxygen atoms in total. The van der Waals surface area contributed by atoms with Gasteiger partial charge in [-0.05, 0) is 23.6 Å². The summed E-state index contributed by atoms with van der Waals surface area (Å²) in [7, 11) is 0. The van der Waals surface area contributed by atoms with Gasteiger partial charge >= 0.3 is 0 Å². The summed E-state index contributed by atoms with van der Waals surface area (Å²) in [5, 5.41) is 2.84. The normalized spacial score (nSPS) is 13.8. The van der Waals surface area contributed by atoms with Crippen LogP contribution in [0.2, 0.25) is 0 Å². The first-order valence-electron chi connectivity index (χ1n) is 5.61. The summed E-state index contributed by atoms with van der Waals surface area (Å²) in [5.41, 5.74) is 8.26. The Bertz CT molecular complexity index is 455. The number of hydrogen-bond donors (Lipinski definition) is 2. The summed E-state index contributed by atoms with van der Waals surface area (Å²) in [6, 6.07) is 5.73. The van der Waals surface area contributed by atoms with Gasteiger partial charge in [0.2, 0.25) is 5.91 Å². The minimum Gasteiger partial charge on any atom is -0.489 e. The Morgan fingerprint density at radius 2 is 2.29 bits per heavy atom. The number of amides is 1. The first kappa shape index (κ1) is 11.7. The largest absolute Gasteiger partial charge is 0.489 e. The lowest BCUT2D eigenvalue weighted by Crippen LogP contribution is -2.19. The van der Waals surface area contributed by atoms with Gasteiger partial charge in [-0.25, -0.2) is 0 Å². The van der Waals surface area contributed by atoms with Gasteiger partial charge in [0, 0.05) is 24.7 Å². The van der Waals surface area contributed by atoms with Crippen molar-refractivity contribution >= 4 is 11.6 Å². The molecule has 0 atom stereocenters. The van der Waals surface area contributed by atoms with Gasteiger partial charge < -0.3 is 15.8 Å². The van der Waals surface area contributed by atoms with E-state index in [1.807, 2.05) is 18.2 Å². The first-order chi connectivity index (χ1) is 8.19. The molecule has 1 amide bonds. The molecule has 1 aliphatic rings. The smallest absolute Gasteiger partial charge is 0.224 e. The van der Waals surface area contributed by atoms with Crippen molar-refractivity contribution in [3.8, 4) is 5.75 Å². The van der Waals surface area contributed by atoms with E-state index in [0.29, 0.717) is 19.6 Å². The number of nitrogens with two attached hydrogens (primary N) is 1. The van der Waals surface area contributed by atoms with Gasteiger partial charge in [-0.3, -0.25) is 4.79 Å². The summed E-state index contributed by atoms with van der Waals surface area (Å²) in [4.78, 5) is 11.3. The second kappa shape index (κ2) is 5.01. The van der Waals surface area contributed by atoms with E-state index >= 15 is 0 Å². The Balaban J connectivity index is 2.07. The molecule has 3 N–H and O–H groups in total. The number of nitrogens with one attached hydrogen (secondary N) is 1. The zero-order valence-corrected chi connectivity index (χ0v) is 9.66. The molecule has 0 bridgehead atoms. The molecule has 0 unspecified atom stereocenters. The molecule has 0 radical (unpaired) electrons. The number of rotatable bonds is 4. The monoisotopic (exact) mass is 232 g/mol. The van der Waals surface area contributed by atoms with Crippen molar-refractivity contribution in [2.45, 2.75) is 12.8 Å². The van der Waals surface area contributed by atoms with Crippen LogP contribution in [-0.4, -0.2) is 19.1 Å². The second-order valence-electron chi connectivity index (χ2n) is 4.11. The summed E-state index contributed by atoms with van der Waals surface area (Å²) in [6.07, 6.45) is 1.34. The van der Waals surface area contributed by atoms with Crippen molar-refractivity contribution in [1.29, 1.82) is 0 Å². The van der Waals surface area contributed by atoms with Crippen LogP contribution in [-0.2, 0) is 11.2 Å². The lowest BCUT2D eigenvalue weighted by Gasteiger charge is -2.17. The Hall–Kier alpha value is -1.81. The number of hydrogen-bond acceptors (Lipinski definition) is 3. The fourth-order valence-electron chi connectivity index (χ4n) is 1.68. The van der Waals surface area contributed by atoms with Crippen LogP contribution >= 0.6 is 0 Å². The van der Waals surface area contributed by atoms with Crippen LogP contribution in [0.15, 0.2) is 30.4 Å². The lowest BCUT2D eigenvalue weighted by molar-refractivity contribution is -0.116. The minimum atomic E-state index is 0.0565. The van der Waals surface area contributed by atoms with E-state index < -0.39 is 0 Å². The number of benzene rings is 1. The van der Waals surface area contributed by atoms with E-state index in [0.717, 1.165) is 29.0 Å². The molecule has 1 heterocycles. The molecule has 0 aliphatic carbocycles. The molecule has 0 spiro atoms. The number of carbonyl (C=O) groups is 1. The average molecular weight is 232 g/mol. The maximum absolute atomic E-state index is 11.3. The molecule has 0 saturated heterocycles. The van der Waals surface area contributed by atoms with Crippen LogP contribution in [0.3, 0.4) is 0 Å². The average Bonchev–Trinajstić information content (AvgIpc) is 2.35. The number of aryl methyl sites for hydroxylation is 1. The molecule has 2 rings (SSSR count). The van der Waals surface area contributed by atoms with Gasteiger partial charge in [-0.2, -0.15) is 0 Å². The fraction of sp³-hybridized carbons (Fsp3) is 0.308. The third-order valence-corrected chi connectivity index (χ3v) is 2.71. The van der Waals surface area contributed by atoms with E-state index in [-0.39, 0.29) is 5.91 Å². The minimum absolute atomic E-state index is 0.0565. The van der Waals surface area contributed by atoms with Gasteiger partial charge in [0.15, 0.2) is 0 Å². The predicted octanol–water partition coefficient (Wildman–Crippen LogP) is 1.47. The maximum atomic E-state index is 11.3. The first-order valence-corrected chi connectivity index (χ1v) is 5.61. The molecule has 1 aliphatic heterocycles. The van der Waals surface area contributed by atoms with Gasteiger partial charge in [0.25, 0.3) is 0 Å². The van der Waals surface area contributed by atoms with Crippen molar-refractivity contribution in [3.63, 3.8) is 0 Å². The van der Waals surface area contributed by atoms with Crippen LogP contribution in [0.4, 0.5) is 5.69 Å². The number of carbonyl (C=O) groups excluding carboxylic acids is 1. The maximum Gasteiger partial charge on any atom is 0.224 e. The van der Waals surface area contributed by atoms with Crippen LogP contribution in [0.25, 0.3) is 0 Å². The summed E-state index contributed by atoms with van der Waals surface area (Å²) >= 11 is 0. The zero-order valence-electron chi connectivity index (χ0n) is 9.66. The second-order valence-corrected chi connectivity index (χ2v) is 4.11. The Labute approximate surface area is 100 Å². The zero-order chi connectivity index (χ0) is 12.3. The number of anilines is 1. The molecular weight excluding hydrogens is 216 g/mol. The summed E-state index contributed by atoms with van der Waals surface area (Å²) in [6.45, 7) is 4.59. The molecule has 0 saturated carbocycles. The quantitative estimate of drug-likeness (QED) is 0.772. The third kappa shape index (κ3) is 2.85. The molecule has 17 heavy (non-hydrogen) atoms. The highest BCUT2D eigenvalue weighted by atomic mass is 16.5. The third-order valence-electron chi connectivity index (χ3n) is 2.71. The van der Waals surface area contributed by atoms with Crippen molar-refractivity contribution in [1.82, 2.24) is 0 Å². The van der Waals surface area contributed by atoms with E-state index in [9.17, 15) is 4.79 Å². The number of ether oxygens (including phenoxy) is 1. The summed E-state index contributed by atoms with van der Waals surface area (Å²) < 4.78 is 5.53. The highest BCUT2D eigenvalue weighted by Crippen LogP contribution is 2.27. The highest BCUT2D eigenvalue weighted by molar-refractivity contribution is 5.94. The molecule has 90 valence electrons. The Morgan fingerprint density at radius 3 is 3.06 bits per heavy atom. The van der Waals surface area contributed by atoms with Crippen LogP contribution in [0.5, 0.6) is 5.75 Å². The molecular formula is C13H16N2O2. The van der Waals surface area contributed by atoms with Crippen molar-refractivity contribution in [2.24, 2.45) is 5.73 Å². The Kier molecular flexibility index (Phi) is 3.44. The van der Waals surface area contributed by atoms with Crippen molar-refractivity contribution in [2.75, 3.05) is 18.5 Å². The van der Waals surface area contributed by atoms with E-state index in [1.165, 1.54) is 0 Å². The predicted molar refractivity (Wildman–Crippen MR) is 67.1 cm³/mol. The van der Waals surface area contributed by atoms with Crippen LogP contribution in [0, 0.1) is 0 Å². The van der Waals surface area contributed by atoms with E-state index in [4.69, 9.17) is 10.5 Å². The van der Waals surface area contributed by atoms with Gasteiger partial charge in [-0.1, -0.05) is 12.6 Å². The van der Waals surface area contributed by atoms with Gasteiger partial charge in [0.05, 0.1) is 0 Å². The van der Waals surface area contributed by atoms with Gasteiger partial charge in [0.1, 0.15) is 12.4 Å². The van der Waals surface area contributed by atoms with Crippen molar-refractivity contribution in [3.05, 3.63) is 35.9 Å². The molecule has 1 aromatic carbocycles. The molecule has 0 fully saturated rings. The van der Waals surface area contributed by atoms with Crippen molar-refractivity contribution < 1.29 is 9.53 Å². The van der Waals surface area contributed by atoms with Crippen LogP contribution in [0.1, 0.15) is 12.0 Å². The fourth-order valence-corrected chi connectivity index (χ4v) is 1.68. The van der Waals surface area contributed by atoms with E-state index in [1.54, 1.807) is 0 Å². The Morgan fingerprint density at radius 1 is 1.47 bits per heavy atom.